The Morgan fingerprint density at radius 1 is 1.53 bits per heavy atom. The lowest BCUT2D eigenvalue weighted by Gasteiger charge is -2.11. The van der Waals surface area contributed by atoms with Crippen LogP contribution in [0.3, 0.4) is 0 Å². The molecule has 0 saturated heterocycles. The zero-order valence-corrected chi connectivity index (χ0v) is 10.6. The Bertz CT molecular complexity index is 568. The maximum atomic E-state index is 10.2. The fourth-order valence-corrected chi connectivity index (χ4v) is 2.11. The van der Waals surface area contributed by atoms with Crippen molar-refractivity contribution in [1.29, 1.82) is 5.26 Å². The van der Waals surface area contributed by atoms with Gasteiger partial charge in [0.05, 0.1) is 11.6 Å². The molecule has 1 heterocycles. The molecule has 1 aromatic carbocycles. The van der Waals surface area contributed by atoms with Crippen LogP contribution < -0.4 is 0 Å². The van der Waals surface area contributed by atoms with Gasteiger partial charge < -0.3 is 5.11 Å². The van der Waals surface area contributed by atoms with Crippen molar-refractivity contribution in [1.82, 2.24) is 15.0 Å². The van der Waals surface area contributed by atoms with E-state index in [0.717, 1.165) is 0 Å². The lowest BCUT2D eigenvalue weighted by atomic mass is 10.0. The highest BCUT2D eigenvalue weighted by Gasteiger charge is 2.19. The van der Waals surface area contributed by atoms with Gasteiger partial charge in [-0.25, -0.2) is 4.68 Å². The van der Waals surface area contributed by atoms with E-state index in [1.54, 1.807) is 31.3 Å². The first-order valence-electron chi connectivity index (χ1n) is 4.86. The monoisotopic (exact) mass is 292 g/mol. The summed E-state index contributed by atoms with van der Waals surface area (Å²) in [4.78, 5) is 0. The molecule has 1 N–H and O–H groups in total. The molecule has 0 radical (unpaired) electrons. The molecule has 0 aliphatic heterocycles. The molecule has 1 unspecified atom stereocenters. The van der Waals surface area contributed by atoms with Crippen LogP contribution in [0.5, 0.6) is 0 Å². The molecule has 1 atom stereocenters. The maximum Gasteiger partial charge on any atom is 0.154 e. The molecule has 0 spiro atoms. The van der Waals surface area contributed by atoms with Crippen molar-refractivity contribution in [2.75, 3.05) is 0 Å². The van der Waals surface area contributed by atoms with Gasteiger partial charge in [-0.2, -0.15) is 5.26 Å². The predicted octanol–water partition coefficient (Wildman–Crippen LogP) is 1.53. The fourth-order valence-electron chi connectivity index (χ4n) is 1.57. The predicted molar refractivity (Wildman–Crippen MR) is 63.9 cm³/mol. The van der Waals surface area contributed by atoms with E-state index in [0.29, 0.717) is 21.4 Å². The zero-order chi connectivity index (χ0) is 12.4. The van der Waals surface area contributed by atoms with Gasteiger partial charge in [-0.15, -0.1) is 5.10 Å². The highest BCUT2D eigenvalue weighted by Crippen LogP contribution is 2.26. The lowest BCUT2D eigenvalue weighted by Crippen LogP contribution is -2.07. The van der Waals surface area contributed by atoms with Crippen LogP contribution >= 0.6 is 15.9 Å². The summed E-state index contributed by atoms with van der Waals surface area (Å²) in [5, 5.41) is 26.6. The minimum atomic E-state index is -0.863. The number of nitriles is 1. The van der Waals surface area contributed by atoms with Crippen LogP contribution in [0.1, 0.15) is 22.9 Å². The van der Waals surface area contributed by atoms with Crippen LogP contribution in [0.4, 0.5) is 0 Å². The summed E-state index contributed by atoms with van der Waals surface area (Å²) in [6.45, 7) is 0. The van der Waals surface area contributed by atoms with Crippen LogP contribution in [0.25, 0.3) is 0 Å². The third-order valence-electron chi connectivity index (χ3n) is 2.42. The molecule has 0 aliphatic carbocycles. The van der Waals surface area contributed by atoms with E-state index in [2.05, 4.69) is 26.2 Å². The van der Waals surface area contributed by atoms with Crippen molar-refractivity contribution in [3.8, 4) is 6.07 Å². The second-order valence-corrected chi connectivity index (χ2v) is 4.28. The van der Waals surface area contributed by atoms with E-state index in [1.165, 1.54) is 4.68 Å². The molecule has 2 aromatic rings. The molecule has 6 heteroatoms. The molecule has 0 fully saturated rings. The number of hydrogen-bond acceptors (Lipinski definition) is 4. The molecule has 86 valence electrons. The van der Waals surface area contributed by atoms with Crippen LogP contribution in [0.2, 0.25) is 0 Å². The number of aryl methyl sites for hydroxylation is 1. The van der Waals surface area contributed by atoms with Crippen LogP contribution in [0.15, 0.2) is 28.9 Å². The van der Waals surface area contributed by atoms with Crippen molar-refractivity contribution in [3.63, 3.8) is 0 Å². The summed E-state index contributed by atoms with van der Waals surface area (Å²) in [5.74, 6) is 0. The number of benzene rings is 1. The number of hydrogen-bond donors (Lipinski definition) is 1. The van der Waals surface area contributed by atoms with Gasteiger partial charge in [-0.05, 0) is 33.6 Å². The van der Waals surface area contributed by atoms with Gasteiger partial charge in [-0.3, -0.25) is 0 Å². The average Bonchev–Trinajstić information content (AvgIpc) is 2.68. The van der Waals surface area contributed by atoms with Gasteiger partial charge in [0, 0.05) is 7.05 Å². The summed E-state index contributed by atoms with van der Waals surface area (Å²) < 4.78 is 1.99. The zero-order valence-electron chi connectivity index (χ0n) is 9.00. The summed E-state index contributed by atoms with van der Waals surface area (Å²) in [6, 6.07) is 8.85. The average molecular weight is 293 g/mol. The van der Waals surface area contributed by atoms with Crippen molar-refractivity contribution >= 4 is 15.9 Å². The topological polar surface area (TPSA) is 74.7 Å². The number of aromatic nitrogens is 3. The first-order valence-corrected chi connectivity index (χ1v) is 5.66. The number of nitrogens with zero attached hydrogens (tertiary/aromatic N) is 4. The van der Waals surface area contributed by atoms with Gasteiger partial charge >= 0.3 is 0 Å². The first-order chi connectivity index (χ1) is 8.13. The van der Waals surface area contributed by atoms with E-state index < -0.39 is 6.10 Å². The molecule has 0 saturated carbocycles. The number of aliphatic hydroxyl groups excluding tert-OH is 1. The molecule has 17 heavy (non-hydrogen) atoms. The van der Waals surface area contributed by atoms with Crippen LogP contribution in [0, 0.1) is 11.3 Å². The SMILES string of the molecule is Cn1nnc(Br)c1C(O)c1cccc(C#N)c1. The van der Waals surface area contributed by atoms with Gasteiger partial charge in [0.2, 0.25) is 0 Å². The number of halogens is 1. The Morgan fingerprint density at radius 3 is 2.88 bits per heavy atom. The van der Waals surface area contributed by atoms with E-state index in [9.17, 15) is 5.11 Å². The molecular weight excluding hydrogens is 284 g/mol. The number of rotatable bonds is 2. The summed E-state index contributed by atoms with van der Waals surface area (Å²) >= 11 is 3.23. The first kappa shape index (κ1) is 11.8. The van der Waals surface area contributed by atoms with Crippen LogP contribution in [-0.4, -0.2) is 20.1 Å². The van der Waals surface area contributed by atoms with Gasteiger partial charge in [0.1, 0.15) is 11.8 Å². The third kappa shape index (κ3) is 2.20. The normalized spacial score (nSPS) is 12.1. The Labute approximate surface area is 106 Å². The Balaban J connectivity index is 2.44. The van der Waals surface area contributed by atoms with E-state index >= 15 is 0 Å². The molecule has 5 nitrogen and oxygen atoms in total. The van der Waals surface area contributed by atoms with Gasteiger partial charge in [0.25, 0.3) is 0 Å². The van der Waals surface area contributed by atoms with E-state index in [-0.39, 0.29) is 0 Å². The Kier molecular flexibility index (Phi) is 3.22. The van der Waals surface area contributed by atoms with Crippen molar-refractivity contribution in [2.24, 2.45) is 7.05 Å². The minimum absolute atomic E-state index is 0.495. The second kappa shape index (κ2) is 4.65. The molecular formula is C11H9BrN4O. The fraction of sp³-hybridized carbons (Fsp3) is 0.182. The molecule has 1 aromatic heterocycles. The Morgan fingerprint density at radius 2 is 2.29 bits per heavy atom. The maximum absolute atomic E-state index is 10.2. The van der Waals surface area contributed by atoms with Crippen molar-refractivity contribution < 1.29 is 5.11 Å². The minimum Gasteiger partial charge on any atom is -0.382 e. The summed E-state index contributed by atoms with van der Waals surface area (Å²) in [7, 11) is 1.70. The van der Waals surface area contributed by atoms with Crippen molar-refractivity contribution in [3.05, 3.63) is 45.7 Å². The molecule has 0 amide bonds. The van der Waals surface area contributed by atoms with E-state index in [4.69, 9.17) is 5.26 Å². The largest absolute Gasteiger partial charge is 0.382 e. The quantitative estimate of drug-likeness (QED) is 0.911. The van der Waals surface area contributed by atoms with Crippen LogP contribution in [-0.2, 0) is 7.05 Å². The highest BCUT2D eigenvalue weighted by molar-refractivity contribution is 9.10. The van der Waals surface area contributed by atoms with Gasteiger partial charge in [-0.1, -0.05) is 17.3 Å². The van der Waals surface area contributed by atoms with E-state index in [1.807, 2.05) is 6.07 Å². The molecule has 0 bridgehead atoms. The Hall–Kier alpha value is -1.71. The molecule has 0 aliphatic rings. The third-order valence-corrected chi connectivity index (χ3v) is 2.98. The highest BCUT2D eigenvalue weighted by atomic mass is 79.9. The summed E-state index contributed by atoms with van der Waals surface area (Å²) in [5.41, 5.74) is 1.70. The van der Waals surface area contributed by atoms with Crippen molar-refractivity contribution in [2.45, 2.75) is 6.10 Å². The summed E-state index contributed by atoms with van der Waals surface area (Å²) in [6.07, 6.45) is -0.863. The van der Waals surface area contributed by atoms with Gasteiger partial charge in [0.15, 0.2) is 4.60 Å². The molecule has 2 rings (SSSR count). The lowest BCUT2D eigenvalue weighted by molar-refractivity contribution is 0.209. The smallest absolute Gasteiger partial charge is 0.154 e. The number of aliphatic hydroxyl groups is 1. The second-order valence-electron chi connectivity index (χ2n) is 3.53. The standard InChI is InChI=1S/C11H9BrN4O/c1-16-9(11(12)14-15-16)10(17)8-4-2-3-7(5-8)6-13/h2-5,10,17H,1H3.